The van der Waals surface area contributed by atoms with Crippen LogP contribution < -0.4 is 0 Å². The fourth-order valence-electron chi connectivity index (χ4n) is 0.948. The Kier molecular flexibility index (Phi) is 3.79. The third kappa shape index (κ3) is 2.86. The van der Waals surface area contributed by atoms with Gasteiger partial charge in [-0.3, -0.25) is 0 Å². The second-order valence-corrected chi connectivity index (χ2v) is 5.75. The first-order valence-corrected chi connectivity index (χ1v) is 5.91. The molecule has 0 heterocycles. The molecule has 3 atom stereocenters. The molecule has 0 aromatic carbocycles. The Morgan fingerprint density at radius 2 is 1.67 bits per heavy atom. The quantitative estimate of drug-likeness (QED) is 0.626. The molecular formula is C9H16O2S. The van der Waals surface area contributed by atoms with E-state index in [9.17, 15) is 8.42 Å². The lowest BCUT2D eigenvalue weighted by atomic mass is 9.94. The topological polar surface area (TPSA) is 34.1 Å². The third-order valence-electron chi connectivity index (χ3n) is 2.47. The van der Waals surface area contributed by atoms with Crippen molar-refractivity contribution in [3.05, 3.63) is 0 Å². The Labute approximate surface area is 75.3 Å². The largest absolute Gasteiger partial charge is 0.229 e. The standard InChI is InChI=1S/C9H16O2S/c1-6-7(2)8(3)9(4)12(5,10)11/h1,7-9H,2-5H3. The highest BCUT2D eigenvalue weighted by Crippen LogP contribution is 2.19. The van der Waals surface area contributed by atoms with Crippen LogP contribution in [-0.2, 0) is 9.84 Å². The van der Waals surface area contributed by atoms with E-state index in [-0.39, 0.29) is 17.1 Å². The van der Waals surface area contributed by atoms with Crippen LogP contribution >= 0.6 is 0 Å². The summed E-state index contributed by atoms with van der Waals surface area (Å²) >= 11 is 0. The normalized spacial score (nSPS) is 19.2. The average molecular weight is 188 g/mol. The second-order valence-electron chi connectivity index (χ2n) is 3.35. The highest BCUT2D eigenvalue weighted by molar-refractivity contribution is 7.91. The van der Waals surface area contributed by atoms with Crippen molar-refractivity contribution in [1.29, 1.82) is 0 Å². The maximum Gasteiger partial charge on any atom is 0.150 e. The van der Waals surface area contributed by atoms with E-state index in [1.54, 1.807) is 6.92 Å². The number of sulfone groups is 1. The van der Waals surface area contributed by atoms with E-state index in [4.69, 9.17) is 6.42 Å². The smallest absolute Gasteiger partial charge is 0.150 e. The molecule has 0 fully saturated rings. The van der Waals surface area contributed by atoms with Gasteiger partial charge in [-0.15, -0.1) is 12.3 Å². The zero-order valence-electron chi connectivity index (χ0n) is 8.03. The third-order valence-corrected chi connectivity index (χ3v) is 4.25. The van der Waals surface area contributed by atoms with Gasteiger partial charge in [-0.05, 0) is 12.8 Å². The van der Waals surface area contributed by atoms with Crippen molar-refractivity contribution in [1.82, 2.24) is 0 Å². The summed E-state index contributed by atoms with van der Waals surface area (Å²) in [6, 6.07) is 0. The van der Waals surface area contributed by atoms with Gasteiger partial charge in [-0.2, -0.15) is 0 Å². The molecule has 0 amide bonds. The van der Waals surface area contributed by atoms with Crippen LogP contribution in [0.2, 0.25) is 0 Å². The zero-order valence-corrected chi connectivity index (χ0v) is 8.85. The summed E-state index contributed by atoms with van der Waals surface area (Å²) < 4.78 is 22.2. The van der Waals surface area contributed by atoms with Gasteiger partial charge in [0, 0.05) is 12.2 Å². The van der Waals surface area contributed by atoms with Gasteiger partial charge in [0.05, 0.1) is 5.25 Å². The fourth-order valence-corrected chi connectivity index (χ4v) is 1.96. The van der Waals surface area contributed by atoms with Crippen molar-refractivity contribution in [2.45, 2.75) is 26.0 Å². The second kappa shape index (κ2) is 3.95. The molecule has 0 N–H and O–H groups in total. The minimum Gasteiger partial charge on any atom is -0.229 e. The summed E-state index contributed by atoms with van der Waals surface area (Å²) in [6.45, 7) is 5.44. The number of hydrogen-bond acceptors (Lipinski definition) is 2. The van der Waals surface area contributed by atoms with Gasteiger partial charge in [-0.25, -0.2) is 8.42 Å². The lowest BCUT2D eigenvalue weighted by molar-refractivity contribution is 0.449. The Morgan fingerprint density at radius 1 is 1.25 bits per heavy atom. The molecule has 0 aromatic heterocycles. The predicted octanol–water partition coefficient (Wildman–Crippen LogP) is 1.32. The molecule has 0 saturated carbocycles. The molecule has 0 radical (unpaired) electrons. The predicted molar refractivity (Wildman–Crippen MR) is 51.5 cm³/mol. The summed E-state index contributed by atoms with van der Waals surface area (Å²) in [5.41, 5.74) is 0. The van der Waals surface area contributed by atoms with Crippen LogP contribution in [-0.4, -0.2) is 19.9 Å². The van der Waals surface area contributed by atoms with Gasteiger partial charge in [0.2, 0.25) is 0 Å². The van der Waals surface area contributed by atoms with Crippen LogP contribution in [0, 0.1) is 24.2 Å². The minimum absolute atomic E-state index is 0.00900. The lowest BCUT2D eigenvalue weighted by Gasteiger charge is -2.20. The summed E-state index contributed by atoms with van der Waals surface area (Å²) in [6.07, 6.45) is 6.46. The molecular weight excluding hydrogens is 172 g/mol. The van der Waals surface area contributed by atoms with Crippen molar-refractivity contribution in [3.63, 3.8) is 0 Å². The first-order valence-electron chi connectivity index (χ1n) is 3.95. The summed E-state index contributed by atoms with van der Waals surface area (Å²) in [4.78, 5) is 0. The molecule has 3 unspecified atom stereocenters. The highest BCUT2D eigenvalue weighted by Gasteiger charge is 2.25. The molecule has 0 aliphatic heterocycles. The van der Waals surface area contributed by atoms with E-state index in [0.717, 1.165) is 0 Å². The number of rotatable bonds is 3. The van der Waals surface area contributed by atoms with Crippen molar-refractivity contribution in [3.8, 4) is 12.3 Å². The van der Waals surface area contributed by atoms with Crippen molar-refractivity contribution in [2.24, 2.45) is 11.8 Å². The molecule has 0 aliphatic carbocycles. The molecule has 0 aliphatic rings. The van der Waals surface area contributed by atoms with Crippen LogP contribution in [0.1, 0.15) is 20.8 Å². The molecule has 12 heavy (non-hydrogen) atoms. The van der Waals surface area contributed by atoms with Crippen molar-refractivity contribution >= 4 is 9.84 Å². The van der Waals surface area contributed by atoms with Crippen LogP contribution in [0.5, 0.6) is 0 Å². The van der Waals surface area contributed by atoms with Crippen molar-refractivity contribution in [2.75, 3.05) is 6.26 Å². The van der Waals surface area contributed by atoms with E-state index in [1.807, 2.05) is 13.8 Å². The number of hydrogen-bond donors (Lipinski definition) is 0. The summed E-state index contributed by atoms with van der Waals surface area (Å²) in [5.74, 6) is 2.58. The van der Waals surface area contributed by atoms with Gasteiger partial charge in [0.15, 0.2) is 0 Å². The average Bonchev–Trinajstić information content (AvgIpc) is 1.98. The van der Waals surface area contributed by atoms with Gasteiger partial charge in [0.25, 0.3) is 0 Å². The first-order chi connectivity index (χ1) is 5.30. The maximum atomic E-state index is 11.1. The van der Waals surface area contributed by atoms with Gasteiger partial charge in [0.1, 0.15) is 9.84 Å². The zero-order chi connectivity index (χ0) is 9.94. The van der Waals surface area contributed by atoms with E-state index in [0.29, 0.717) is 0 Å². The maximum absolute atomic E-state index is 11.1. The Morgan fingerprint density at radius 3 is 1.92 bits per heavy atom. The molecule has 0 aromatic rings. The van der Waals surface area contributed by atoms with Gasteiger partial charge in [-0.1, -0.05) is 13.8 Å². The van der Waals surface area contributed by atoms with E-state index >= 15 is 0 Å². The lowest BCUT2D eigenvalue weighted by Crippen LogP contribution is -2.27. The summed E-state index contributed by atoms with van der Waals surface area (Å²) in [7, 11) is -2.95. The molecule has 0 saturated heterocycles. The molecule has 0 spiro atoms. The van der Waals surface area contributed by atoms with Crippen LogP contribution in [0.15, 0.2) is 0 Å². The fraction of sp³-hybridized carbons (Fsp3) is 0.778. The Hall–Kier alpha value is -0.490. The monoisotopic (exact) mass is 188 g/mol. The van der Waals surface area contributed by atoms with Crippen LogP contribution in [0.25, 0.3) is 0 Å². The van der Waals surface area contributed by atoms with E-state index in [1.165, 1.54) is 6.26 Å². The first kappa shape index (κ1) is 11.5. The van der Waals surface area contributed by atoms with Crippen LogP contribution in [0.3, 0.4) is 0 Å². The molecule has 0 bridgehead atoms. The molecule has 0 rings (SSSR count). The summed E-state index contributed by atoms with van der Waals surface area (Å²) in [5, 5.41) is -0.358. The SMILES string of the molecule is C#CC(C)C(C)C(C)S(C)(=O)=O. The molecule has 3 heteroatoms. The highest BCUT2D eigenvalue weighted by atomic mass is 32.2. The molecule has 2 nitrogen and oxygen atoms in total. The van der Waals surface area contributed by atoms with E-state index in [2.05, 4.69) is 5.92 Å². The minimum atomic E-state index is -2.95. The van der Waals surface area contributed by atoms with Gasteiger partial charge >= 0.3 is 0 Å². The Balaban J connectivity index is 4.54. The van der Waals surface area contributed by atoms with Gasteiger partial charge < -0.3 is 0 Å². The molecule has 70 valence electrons. The van der Waals surface area contributed by atoms with Crippen LogP contribution in [0.4, 0.5) is 0 Å². The number of terminal acetylenes is 1. The van der Waals surface area contributed by atoms with Crippen molar-refractivity contribution < 1.29 is 8.42 Å². The van der Waals surface area contributed by atoms with E-state index < -0.39 is 9.84 Å². The Bertz CT molecular complexity index is 271.